The molecule has 0 aliphatic carbocycles. The number of hydrogen-bond donors (Lipinski definition) is 0. The first kappa shape index (κ1) is 26.9. The minimum Gasteiger partial charge on any atom is -0.277 e. The van der Waals surface area contributed by atoms with Gasteiger partial charge in [-0.3, -0.25) is 13.7 Å². The first-order valence-electron chi connectivity index (χ1n) is 16.3. The maximum absolute atomic E-state index is 5.38. The van der Waals surface area contributed by atoms with Crippen LogP contribution in [0.25, 0.3) is 83.3 Å². The molecule has 4 heterocycles. The lowest BCUT2D eigenvalue weighted by Gasteiger charge is -2.15. The molecule has 0 radical (unpaired) electrons. The molecule has 4 aromatic heterocycles. The largest absolute Gasteiger partial charge is 0.277 e. The summed E-state index contributed by atoms with van der Waals surface area (Å²) < 4.78 is 6.66. The Bertz CT molecular complexity index is 2610. The highest BCUT2D eigenvalue weighted by Gasteiger charge is 2.23. The summed E-state index contributed by atoms with van der Waals surface area (Å²) in [5.74, 6) is 1.73. The van der Waals surface area contributed by atoms with Gasteiger partial charge in [0.2, 0.25) is 17.8 Å². The van der Waals surface area contributed by atoms with Crippen molar-refractivity contribution in [1.82, 2.24) is 28.7 Å². The molecule has 0 spiro atoms. The third kappa shape index (κ3) is 3.60. The van der Waals surface area contributed by atoms with Gasteiger partial charge in [-0.2, -0.15) is 15.0 Å². The minimum absolute atomic E-state index is 0.578. The number of benzene rings is 6. The number of rotatable bonds is 3. The van der Waals surface area contributed by atoms with Crippen LogP contribution in [-0.2, 0) is 0 Å². The second kappa shape index (κ2) is 9.86. The summed E-state index contributed by atoms with van der Waals surface area (Å²) in [4.78, 5) is 16.2. The van der Waals surface area contributed by atoms with E-state index in [4.69, 9.17) is 15.0 Å². The van der Waals surface area contributed by atoms with Crippen LogP contribution in [-0.4, -0.2) is 28.7 Å². The SMILES string of the molecule is Cc1cccc2c3ccccc3n(-c3nc(-n4c5ccccc5c5cccc(C)c54)nc(-n4c5ccccc5c5cccc(C)c54)n3)c12. The zero-order chi connectivity index (χ0) is 32.1. The number of fused-ring (bicyclic) bond motifs is 9. The van der Waals surface area contributed by atoms with Gasteiger partial charge < -0.3 is 0 Å². The van der Waals surface area contributed by atoms with E-state index < -0.39 is 0 Å². The maximum atomic E-state index is 5.38. The van der Waals surface area contributed by atoms with Gasteiger partial charge in [-0.15, -0.1) is 0 Å². The first-order chi connectivity index (χ1) is 23.6. The van der Waals surface area contributed by atoms with Crippen LogP contribution in [0, 0.1) is 20.8 Å². The van der Waals surface area contributed by atoms with E-state index in [0.29, 0.717) is 17.8 Å². The first-order valence-corrected chi connectivity index (χ1v) is 16.3. The van der Waals surface area contributed by atoms with E-state index in [1.807, 2.05) is 0 Å². The van der Waals surface area contributed by atoms with Crippen molar-refractivity contribution in [2.45, 2.75) is 20.8 Å². The quantitative estimate of drug-likeness (QED) is 0.198. The van der Waals surface area contributed by atoms with Gasteiger partial charge >= 0.3 is 0 Å². The van der Waals surface area contributed by atoms with Crippen molar-refractivity contribution in [1.29, 1.82) is 0 Å². The Morgan fingerprint density at radius 3 is 0.896 bits per heavy atom. The fraction of sp³-hybridized carbons (Fsp3) is 0.0714. The van der Waals surface area contributed by atoms with Crippen LogP contribution in [0.4, 0.5) is 0 Å². The molecule has 0 atom stereocenters. The smallest absolute Gasteiger partial charge is 0.241 e. The molecule has 0 unspecified atom stereocenters. The zero-order valence-corrected chi connectivity index (χ0v) is 26.8. The monoisotopic (exact) mass is 618 g/mol. The normalized spacial score (nSPS) is 12.1. The molecule has 0 N–H and O–H groups in total. The van der Waals surface area contributed by atoms with E-state index in [-0.39, 0.29) is 0 Å². The Hall–Kier alpha value is -6.27. The number of hydrogen-bond acceptors (Lipinski definition) is 3. The Balaban J connectivity index is 1.41. The van der Waals surface area contributed by atoms with Gasteiger partial charge in [0.1, 0.15) is 0 Å². The molecular formula is C42H30N6. The van der Waals surface area contributed by atoms with E-state index in [2.05, 4.69) is 162 Å². The van der Waals surface area contributed by atoms with Crippen LogP contribution >= 0.6 is 0 Å². The lowest BCUT2D eigenvalue weighted by Crippen LogP contribution is -2.13. The summed E-state index contributed by atoms with van der Waals surface area (Å²) in [6.45, 7) is 6.48. The molecule has 0 amide bonds. The van der Waals surface area contributed by atoms with Gasteiger partial charge in [0.25, 0.3) is 0 Å². The van der Waals surface area contributed by atoms with Crippen molar-refractivity contribution in [2.75, 3.05) is 0 Å². The Kier molecular flexibility index (Phi) is 5.53. The topological polar surface area (TPSA) is 53.5 Å². The third-order valence-electron chi connectivity index (χ3n) is 9.89. The Morgan fingerprint density at radius 2 is 0.583 bits per heavy atom. The molecule has 0 fully saturated rings. The van der Waals surface area contributed by atoms with Crippen molar-refractivity contribution in [3.05, 3.63) is 144 Å². The molecule has 6 nitrogen and oxygen atoms in total. The molecule has 6 aromatic carbocycles. The van der Waals surface area contributed by atoms with Gasteiger partial charge in [0.15, 0.2) is 0 Å². The molecule has 0 aliphatic heterocycles. The van der Waals surface area contributed by atoms with Crippen LogP contribution in [0.1, 0.15) is 16.7 Å². The fourth-order valence-electron chi connectivity index (χ4n) is 7.84. The van der Waals surface area contributed by atoms with E-state index in [0.717, 1.165) is 49.8 Å². The molecule has 0 saturated carbocycles. The van der Waals surface area contributed by atoms with E-state index >= 15 is 0 Å². The number of nitrogens with zero attached hydrogens (tertiary/aromatic N) is 6. The van der Waals surface area contributed by atoms with Gasteiger partial charge in [0.05, 0.1) is 33.1 Å². The average Bonchev–Trinajstić information content (AvgIpc) is 3.76. The molecule has 6 heteroatoms. The minimum atomic E-state index is 0.578. The average molecular weight is 619 g/mol. The highest BCUT2D eigenvalue weighted by molar-refractivity contribution is 6.12. The van der Waals surface area contributed by atoms with Crippen LogP contribution in [0.2, 0.25) is 0 Å². The predicted octanol–water partition coefficient (Wildman–Crippen LogP) is 10.1. The second-order valence-corrected chi connectivity index (χ2v) is 12.7. The lowest BCUT2D eigenvalue weighted by molar-refractivity contribution is 0.846. The van der Waals surface area contributed by atoms with Crippen molar-refractivity contribution in [3.63, 3.8) is 0 Å². The number of para-hydroxylation sites is 6. The lowest BCUT2D eigenvalue weighted by atomic mass is 10.1. The van der Waals surface area contributed by atoms with Crippen LogP contribution < -0.4 is 0 Å². The predicted molar refractivity (Wildman–Crippen MR) is 197 cm³/mol. The fourth-order valence-corrected chi connectivity index (χ4v) is 7.84. The molecule has 10 aromatic rings. The van der Waals surface area contributed by atoms with Crippen LogP contribution in [0.5, 0.6) is 0 Å². The second-order valence-electron chi connectivity index (χ2n) is 12.7. The summed E-state index contributed by atoms with van der Waals surface area (Å²) in [6.07, 6.45) is 0. The van der Waals surface area contributed by atoms with Crippen LogP contribution in [0.15, 0.2) is 127 Å². The zero-order valence-electron chi connectivity index (χ0n) is 26.8. The summed E-state index contributed by atoms with van der Waals surface area (Å²) in [5.41, 5.74) is 9.94. The number of aryl methyl sites for hydroxylation is 3. The molecule has 48 heavy (non-hydrogen) atoms. The molecule has 0 aliphatic rings. The standard InChI is InChI=1S/C42H30N6/c1-25-13-10-19-31-28-16-4-7-22-34(28)46(37(25)31)40-43-41(47-35-23-8-5-17-29(35)32-20-11-14-26(2)38(32)47)45-42(44-40)48-36-24-9-6-18-30(36)33-21-12-15-27(3)39(33)48/h4-24H,1-3H3. The van der Waals surface area contributed by atoms with Gasteiger partial charge in [-0.1, -0.05) is 109 Å². The molecule has 228 valence electrons. The highest BCUT2D eigenvalue weighted by Crippen LogP contribution is 2.37. The van der Waals surface area contributed by atoms with Crippen LogP contribution in [0.3, 0.4) is 0 Å². The molecule has 0 bridgehead atoms. The van der Waals surface area contributed by atoms with Crippen molar-refractivity contribution >= 4 is 65.4 Å². The van der Waals surface area contributed by atoms with Crippen molar-refractivity contribution in [3.8, 4) is 17.8 Å². The van der Waals surface area contributed by atoms with Crippen molar-refractivity contribution in [2.24, 2.45) is 0 Å². The van der Waals surface area contributed by atoms with Crippen molar-refractivity contribution < 1.29 is 0 Å². The van der Waals surface area contributed by atoms with E-state index in [1.165, 1.54) is 32.3 Å². The van der Waals surface area contributed by atoms with Gasteiger partial charge in [-0.05, 0) is 55.7 Å². The van der Waals surface area contributed by atoms with E-state index in [9.17, 15) is 0 Å². The molecular weight excluding hydrogens is 589 g/mol. The Labute approximate surface area is 276 Å². The Morgan fingerprint density at radius 1 is 0.312 bits per heavy atom. The number of aromatic nitrogens is 6. The van der Waals surface area contributed by atoms with Gasteiger partial charge in [0, 0.05) is 32.3 Å². The molecule has 10 rings (SSSR count). The summed E-state index contributed by atoms with van der Waals surface area (Å²) in [6, 6.07) is 45.0. The molecule has 0 saturated heterocycles. The van der Waals surface area contributed by atoms with E-state index in [1.54, 1.807) is 0 Å². The summed E-state index contributed by atoms with van der Waals surface area (Å²) in [7, 11) is 0. The summed E-state index contributed by atoms with van der Waals surface area (Å²) >= 11 is 0. The maximum Gasteiger partial charge on any atom is 0.241 e. The highest BCUT2D eigenvalue weighted by atomic mass is 15.3. The third-order valence-corrected chi connectivity index (χ3v) is 9.89. The summed E-state index contributed by atoms with van der Waals surface area (Å²) in [5, 5.41) is 7.03. The van der Waals surface area contributed by atoms with Gasteiger partial charge in [-0.25, -0.2) is 0 Å².